The molecule has 0 spiro atoms. The lowest BCUT2D eigenvalue weighted by molar-refractivity contribution is 0.169. The van der Waals surface area contributed by atoms with Crippen molar-refractivity contribution in [2.75, 3.05) is 13.1 Å². The van der Waals surface area contributed by atoms with Crippen LogP contribution in [0.1, 0.15) is 52.4 Å². The molecule has 1 aliphatic heterocycles. The summed E-state index contributed by atoms with van der Waals surface area (Å²) >= 11 is 0. The third kappa shape index (κ3) is 3.36. The Morgan fingerprint density at radius 1 is 1.06 bits per heavy atom. The predicted octanol–water partition coefficient (Wildman–Crippen LogP) is 3.01. The fourth-order valence-corrected chi connectivity index (χ4v) is 3.04. The highest BCUT2D eigenvalue weighted by molar-refractivity contribution is 5.74. The third-order valence-corrected chi connectivity index (χ3v) is 4.57. The Balaban J connectivity index is 1.78. The van der Waals surface area contributed by atoms with Crippen LogP contribution < -0.4 is 5.32 Å². The van der Waals surface area contributed by atoms with Gasteiger partial charge in [0.2, 0.25) is 0 Å². The van der Waals surface area contributed by atoms with Gasteiger partial charge < -0.3 is 10.2 Å². The smallest absolute Gasteiger partial charge is 0.317 e. The Bertz CT molecular complexity index is 261. The first-order chi connectivity index (χ1) is 8.16. The zero-order valence-electron chi connectivity index (χ0n) is 11.2. The Morgan fingerprint density at radius 3 is 2.41 bits per heavy atom. The number of likely N-dealkylation sites (tertiary alicyclic amines) is 1. The maximum atomic E-state index is 12.1. The average Bonchev–Trinajstić information content (AvgIpc) is 2.35. The number of nitrogens with zero attached hydrogens (tertiary/aromatic N) is 1. The molecule has 1 heterocycles. The molecular weight excluding hydrogens is 212 g/mol. The highest BCUT2D eigenvalue weighted by Gasteiger charge is 2.27. The summed E-state index contributed by atoms with van der Waals surface area (Å²) in [6, 6.07) is 0.590. The normalized spacial score (nSPS) is 34.5. The van der Waals surface area contributed by atoms with Crippen molar-refractivity contribution in [2.45, 2.75) is 58.4 Å². The molecule has 0 aromatic carbocycles. The second-order valence-electron chi connectivity index (χ2n) is 5.96. The predicted molar refractivity (Wildman–Crippen MR) is 69.9 cm³/mol. The molecule has 0 aromatic heterocycles. The lowest BCUT2D eigenvalue weighted by atomic mass is 9.79. The Kier molecular flexibility index (Phi) is 4.30. The number of carbonyl (C=O) groups excluding carboxylic acids is 1. The van der Waals surface area contributed by atoms with Crippen molar-refractivity contribution in [2.24, 2.45) is 11.8 Å². The number of carbonyl (C=O) groups is 1. The van der Waals surface area contributed by atoms with Crippen molar-refractivity contribution in [3.05, 3.63) is 0 Å². The molecule has 0 aromatic rings. The van der Waals surface area contributed by atoms with Gasteiger partial charge >= 0.3 is 6.03 Å². The molecule has 1 N–H and O–H groups in total. The second-order valence-corrected chi connectivity index (χ2v) is 5.96. The van der Waals surface area contributed by atoms with Crippen LogP contribution in [0.5, 0.6) is 0 Å². The summed E-state index contributed by atoms with van der Waals surface area (Å²) in [5.41, 5.74) is 0. The minimum atomic E-state index is 0.177. The molecule has 98 valence electrons. The maximum Gasteiger partial charge on any atom is 0.317 e. The van der Waals surface area contributed by atoms with Gasteiger partial charge in [0.05, 0.1) is 0 Å². The van der Waals surface area contributed by atoms with Gasteiger partial charge in [0, 0.05) is 19.1 Å². The molecule has 0 radical (unpaired) electrons. The van der Waals surface area contributed by atoms with Gasteiger partial charge in [0.1, 0.15) is 0 Å². The van der Waals surface area contributed by atoms with Crippen LogP contribution in [0.3, 0.4) is 0 Å². The monoisotopic (exact) mass is 238 g/mol. The fraction of sp³-hybridized carbons (Fsp3) is 0.929. The molecule has 2 rings (SSSR count). The van der Waals surface area contributed by atoms with Crippen LogP contribution in [0.2, 0.25) is 0 Å². The Labute approximate surface area is 105 Å². The van der Waals surface area contributed by atoms with Crippen LogP contribution in [-0.4, -0.2) is 30.1 Å². The molecule has 1 saturated carbocycles. The van der Waals surface area contributed by atoms with Crippen LogP contribution in [0, 0.1) is 11.8 Å². The van der Waals surface area contributed by atoms with Crippen molar-refractivity contribution < 1.29 is 4.79 Å². The summed E-state index contributed by atoms with van der Waals surface area (Å²) in [5, 5.41) is 3.23. The minimum Gasteiger partial charge on any atom is -0.335 e. The van der Waals surface area contributed by atoms with Gasteiger partial charge in [-0.1, -0.05) is 13.8 Å². The van der Waals surface area contributed by atoms with Crippen LogP contribution in [0.25, 0.3) is 0 Å². The van der Waals surface area contributed by atoms with E-state index in [0.717, 1.165) is 37.8 Å². The van der Waals surface area contributed by atoms with E-state index < -0.39 is 0 Å². The first-order valence-electron chi connectivity index (χ1n) is 7.22. The van der Waals surface area contributed by atoms with E-state index >= 15 is 0 Å². The van der Waals surface area contributed by atoms with Gasteiger partial charge in [0.25, 0.3) is 0 Å². The first kappa shape index (κ1) is 12.7. The summed E-state index contributed by atoms with van der Waals surface area (Å²) in [5.74, 6) is 1.56. The Hall–Kier alpha value is -0.730. The lowest BCUT2D eigenvalue weighted by Crippen LogP contribution is -2.48. The average molecular weight is 238 g/mol. The molecule has 2 amide bonds. The van der Waals surface area contributed by atoms with Crippen LogP contribution >= 0.6 is 0 Å². The van der Waals surface area contributed by atoms with Gasteiger partial charge in [-0.2, -0.15) is 0 Å². The van der Waals surface area contributed by atoms with Crippen molar-refractivity contribution in [1.82, 2.24) is 10.2 Å². The number of hydrogen-bond acceptors (Lipinski definition) is 1. The molecule has 1 aliphatic carbocycles. The molecule has 3 atom stereocenters. The summed E-state index contributed by atoms with van der Waals surface area (Å²) < 4.78 is 0. The van der Waals surface area contributed by atoms with Crippen molar-refractivity contribution in [3.63, 3.8) is 0 Å². The van der Waals surface area contributed by atoms with E-state index in [1.165, 1.54) is 25.7 Å². The molecular formula is C14H26N2O. The van der Waals surface area contributed by atoms with E-state index in [0.29, 0.717) is 6.04 Å². The second kappa shape index (κ2) is 5.74. The fourth-order valence-electron chi connectivity index (χ4n) is 3.04. The third-order valence-electron chi connectivity index (χ3n) is 4.57. The van der Waals surface area contributed by atoms with Crippen molar-refractivity contribution in [3.8, 4) is 0 Å². The summed E-state index contributed by atoms with van der Waals surface area (Å²) in [6.45, 7) is 6.53. The maximum absolute atomic E-state index is 12.1. The zero-order valence-corrected chi connectivity index (χ0v) is 11.2. The molecule has 2 aliphatic rings. The highest BCUT2D eigenvalue weighted by Crippen LogP contribution is 2.29. The van der Waals surface area contributed by atoms with Crippen LogP contribution in [0.4, 0.5) is 4.79 Å². The van der Waals surface area contributed by atoms with E-state index in [1.54, 1.807) is 0 Å². The number of urea groups is 1. The minimum absolute atomic E-state index is 0.177. The molecule has 3 nitrogen and oxygen atoms in total. The number of rotatable bonds is 1. The summed E-state index contributed by atoms with van der Waals surface area (Å²) in [7, 11) is 0. The SMILES string of the molecule is CC1CCC(NC(=O)N2CCCCC2)CC1C. The van der Waals surface area contributed by atoms with Gasteiger partial charge in [-0.05, 0) is 50.4 Å². The Morgan fingerprint density at radius 2 is 1.76 bits per heavy atom. The number of nitrogens with one attached hydrogen (secondary N) is 1. The largest absolute Gasteiger partial charge is 0.335 e. The van der Waals surface area contributed by atoms with Crippen molar-refractivity contribution >= 4 is 6.03 Å². The standard InChI is InChI=1S/C14H26N2O/c1-11-6-7-13(10-12(11)2)15-14(17)16-8-4-3-5-9-16/h11-13H,3-10H2,1-2H3,(H,15,17). The molecule has 3 heteroatoms. The topological polar surface area (TPSA) is 32.3 Å². The van der Waals surface area contributed by atoms with Gasteiger partial charge in [0.15, 0.2) is 0 Å². The van der Waals surface area contributed by atoms with E-state index in [4.69, 9.17) is 0 Å². The molecule has 17 heavy (non-hydrogen) atoms. The van der Waals surface area contributed by atoms with E-state index in [1.807, 2.05) is 4.90 Å². The lowest BCUT2D eigenvalue weighted by Gasteiger charge is -2.35. The summed E-state index contributed by atoms with van der Waals surface area (Å²) in [6.07, 6.45) is 7.19. The summed E-state index contributed by atoms with van der Waals surface area (Å²) in [4.78, 5) is 14.1. The molecule has 2 fully saturated rings. The zero-order chi connectivity index (χ0) is 12.3. The van der Waals surface area contributed by atoms with E-state index in [9.17, 15) is 4.79 Å². The van der Waals surface area contributed by atoms with Crippen LogP contribution in [-0.2, 0) is 0 Å². The number of hydrogen-bond donors (Lipinski definition) is 1. The van der Waals surface area contributed by atoms with Gasteiger partial charge in [-0.25, -0.2) is 4.79 Å². The van der Waals surface area contributed by atoms with Gasteiger partial charge in [-0.3, -0.25) is 0 Å². The molecule has 3 unspecified atom stereocenters. The van der Waals surface area contributed by atoms with E-state index in [2.05, 4.69) is 19.2 Å². The number of amides is 2. The van der Waals surface area contributed by atoms with Crippen LogP contribution in [0.15, 0.2) is 0 Å². The molecule has 1 saturated heterocycles. The van der Waals surface area contributed by atoms with Gasteiger partial charge in [-0.15, -0.1) is 0 Å². The first-order valence-corrected chi connectivity index (χ1v) is 7.22. The van der Waals surface area contributed by atoms with Crippen molar-refractivity contribution in [1.29, 1.82) is 0 Å². The molecule has 0 bridgehead atoms. The number of piperidine rings is 1. The quantitative estimate of drug-likeness (QED) is 0.748. The van der Waals surface area contributed by atoms with E-state index in [-0.39, 0.29) is 6.03 Å². The highest BCUT2D eigenvalue weighted by atomic mass is 16.2.